The fourth-order valence-electron chi connectivity index (χ4n) is 1.76. The van der Waals surface area contributed by atoms with E-state index >= 15 is 0 Å². The molecule has 0 radical (unpaired) electrons. The van der Waals surface area contributed by atoms with E-state index in [2.05, 4.69) is 10.6 Å². The van der Waals surface area contributed by atoms with Gasteiger partial charge in [0.15, 0.2) is 11.6 Å². The molecule has 1 atom stereocenters. The number of carbonyl (C=O) groups excluding carboxylic acids is 2. The minimum atomic E-state index is -1.06. The Morgan fingerprint density at radius 1 is 1.00 bits per heavy atom. The Hall–Kier alpha value is -2.76. The maximum Gasteiger partial charge on any atom is 0.251 e. The Bertz CT molecular complexity index is 690. The first kappa shape index (κ1) is 15.6. The largest absolute Gasteiger partial charge is 0.341 e. The van der Waals surface area contributed by atoms with Crippen molar-refractivity contribution in [1.82, 2.24) is 5.32 Å². The van der Waals surface area contributed by atoms with Gasteiger partial charge in [-0.2, -0.15) is 0 Å². The summed E-state index contributed by atoms with van der Waals surface area (Å²) >= 11 is 0. The van der Waals surface area contributed by atoms with Crippen LogP contribution in [0.4, 0.5) is 14.5 Å². The van der Waals surface area contributed by atoms with Crippen LogP contribution >= 0.6 is 0 Å². The Kier molecular flexibility index (Phi) is 4.83. The lowest BCUT2D eigenvalue weighted by Gasteiger charge is -2.14. The molecule has 0 unspecified atom stereocenters. The quantitative estimate of drug-likeness (QED) is 0.912. The van der Waals surface area contributed by atoms with Crippen LogP contribution < -0.4 is 10.6 Å². The monoisotopic (exact) mass is 304 g/mol. The zero-order valence-electron chi connectivity index (χ0n) is 11.8. The molecule has 0 saturated carbocycles. The van der Waals surface area contributed by atoms with Crippen LogP contribution in [0.1, 0.15) is 17.3 Å². The van der Waals surface area contributed by atoms with Crippen LogP contribution in [0, 0.1) is 11.6 Å². The highest BCUT2D eigenvalue weighted by Gasteiger charge is 2.17. The SMILES string of the molecule is C[C@@H](NC(=O)c1ccccc1)C(=O)Nc1ccc(F)c(F)c1. The third kappa shape index (κ3) is 3.88. The third-order valence-electron chi connectivity index (χ3n) is 2.96. The first-order valence-electron chi connectivity index (χ1n) is 6.59. The van der Waals surface area contributed by atoms with Gasteiger partial charge in [-0.3, -0.25) is 9.59 Å². The smallest absolute Gasteiger partial charge is 0.251 e. The molecule has 22 heavy (non-hydrogen) atoms. The Morgan fingerprint density at radius 2 is 1.68 bits per heavy atom. The van der Waals surface area contributed by atoms with E-state index in [9.17, 15) is 18.4 Å². The van der Waals surface area contributed by atoms with Gasteiger partial charge in [0.1, 0.15) is 6.04 Å². The molecule has 114 valence electrons. The van der Waals surface area contributed by atoms with Crippen LogP contribution in [0.5, 0.6) is 0 Å². The Labute approximate surface area is 126 Å². The van der Waals surface area contributed by atoms with Crippen LogP contribution in [0.15, 0.2) is 48.5 Å². The molecule has 0 aromatic heterocycles. The summed E-state index contributed by atoms with van der Waals surface area (Å²) in [7, 11) is 0. The lowest BCUT2D eigenvalue weighted by Crippen LogP contribution is -2.41. The van der Waals surface area contributed by atoms with Gasteiger partial charge in [0.05, 0.1) is 0 Å². The molecule has 2 amide bonds. The number of hydrogen-bond donors (Lipinski definition) is 2. The number of halogens is 2. The number of nitrogens with one attached hydrogen (secondary N) is 2. The van der Waals surface area contributed by atoms with Crippen molar-refractivity contribution in [3.05, 3.63) is 65.7 Å². The molecular weight excluding hydrogens is 290 g/mol. The number of anilines is 1. The van der Waals surface area contributed by atoms with E-state index in [1.54, 1.807) is 30.3 Å². The van der Waals surface area contributed by atoms with Crippen LogP contribution in [0.2, 0.25) is 0 Å². The molecule has 0 heterocycles. The average molecular weight is 304 g/mol. The molecule has 6 heteroatoms. The second-order valence-corrected chi connectivity index (χ2v) is 4.68. The van der Waals surface area contributed by atoms with Crippen molar-refractivity contribution in [2.75, 3.05) is 5.32 Å². The molecule has 0 bridgehead atoms. The maximum absolute atomic E-state index is 13.1. The normalized spacial score (nSPS) is 11.6. The fraction of sp³-hybridized carbons (Fsp3) is 0.125. The highest BCUT2D eigenvalue weighted by Crippen LogP contribution is 2.13. The van der Waals surface area contributed by atoms with Crippen molar-refractivity contribution in [3.8, 4) is 0 Å². The summed E-state index contributed by atoms with van der Waals surface area (Å²) in [5.41, 5.74) is 0.541. The highest BCUT2D eigenvalue weighted by molar-refractivity contribution is 6.00. The van der Waals surface area contributed by atoms with Crippen molar-refractivity contribution in [2.24, 2.45) is 0 Å². The number of rotatable bonds is 4. The molecule has 0 aliphatic carbocycles. The zero-order valence-corrected chi connectivity index (χ0v) is 11.8. The molecule has 2 N–H and O–H groups in total. The molecule has 0 aliphatic rings. The first-order chi connectivity index (χ1) is 10.5. The van der Waals surface area contributed by atoms with Crippen LogP contribution in [0.25, 0.3) is 0 Å². The second kappa shape index (κ2) is 6.80. The summed E-state index contributed by atoms with van der Waals surface area (Å²) in [6.07, 6.45) is 0. The minimum Gasteiger partial charge on any atom is -0.341 e. The average Bonchev–Trinajstić information content (AvgIpc) is 2.51. The lowest BCUT2D eigenvalue weighted by molar-refractivity contribution is -0.117. The highest BCUT2D eigenvalue weighted by atomic mass is 19.2. The lowest BCUT2D eigenvalue weighted by atomic mass is 10.2. The molecule has 0 fully saturated rings. The van der Waals surface area contributed by atoms with Crippen LogP contribution in [-0.4, -0.2) is 17.9 Å². The van der Waals surface area contributed by atoms with Gasteiger partial charge in [-0.15, -0.1) is 0 Å². The molecule has 0 aliphatic heterocycles. The minimum absolute atomic E-state index is 0.115. The number of carbonyl (C=O) groups is 2. The van der Waals surface area contributed by atoms with E-state index in [0.29, 0.717) is 5.56 Å². The topological polar surface area (TPSA) is 58.2 Å². The fourth-order valence-corrected chi connectivity index (χ4v) is 1.76. The van der Waals surface area contributed by atoms with Crippen molar-refractivity contribution < 1.29 is 18.4 Å². The van der Waals surface area contributed by atoms with Crippen molar-refractivity contribution in [3.63, 3.8) is 0 Å². The predicted octanol–water partition coefficient (Wildman–Crippen LogP) is 2.72. The van der Waals surface area contributed by atoms with Gasteiger partial charge in [0, 0.05) is 17.3 Å². The zero-order chi connectivity index (χ0) is 16.1. The van der Waals surface area contributed by atoms with Gasteiger partial charge in [-0.05, 0) is 31.2 Å². The van der Waals surface area contributed by atoms with Crippen molar-refractivity contribution in [1.29, 1.82) is 0 Å². The standard InChI is InChI=1S/C16H14F2N2O2/c1-10(19-16(22)11-5-3-2-4-6-11)15(21)20-12-7-8-13(17)14(18)9-12/h2-10H,1H3,(H,19,22)(H,20,21)/t10-/m1/s1. The third-order valence-corrected chi connectivity index (χ3v) is 2.96. The van der Waals surface area contributed by atoms with E-state index in [-0.39, 0.29) is 5.69 Å². The van der Waals surface area contributed by atoms with Crippen molar-refractivity contribution in [2.45, 2.75) is 13.0 Å². The summed E-state index contributed by atoms with van der Waals surface area (Å²) in [5, 5.41) is 4.93. The van der Waals surface area contributed by atoms with Crippen molar-refractivity contribution >= 4 is 17.5 Å². The summed E-state index contributed by atoms with van der Waals surface area (Å²) in [4.78, 5) is 23.8. The van der Waals surface area contributed by atoms with Gasteiger partial charge in [0.2, 0.25) is 5.91 Å². The molecule has 4 nitrogen and oxygen atoms in total. The maximum atomic E-state index is 13.1. The van der Waals surface area contributed by atoms with E-state index in [1.165, 1.54) is 13.0 Å². The molecule has 2 aromatic carbocycles. The molecule has 2 rings (SSSR count). The molecular formula is C16H14F2N2O2. The van der Waals surface area contributed by atoms with E-state index < -0.39 is 29.5 Å². The predicted molar refractivity (Wildman–Crippen MR) is 78.4 cm³/mol. The summed E-state index contributed by atoms with van der Waals surface area (Å²) in [6, 6.07) is 10.6. The second-order valence-electron chi connectivity index (χ2n) is 4.68. The Morgan fingerprint density at radius 3 is 2.32 bits per heavy atom. The number of hydrogen-bond acceptors (Lipinski definition) is 2. The van der Waals surface area contributed by atoms with Crippen LogP contribution in [-0.2, 0) is 4.79 Å². The van der Waals surface area contributed by atoms with Gasteiger partial charge >= 0.3 is 0 Å². The van der Waals surface area contributed by atoms with Crippen LogP contribution in [0.3, 0.4) is 0 Å². The van der Waals surface area contributed by atoms with Gasteiger partial charge in [-0.1, -0.05) is 18.2 Å². The van der Waals surface area contributed by atoms with Gasteiger partial charge in [0.25, 0.3) is 5.91 Å². The Balaban J connectivity index is 1.97. The van der Waals surface area contributed by atoms with E-state index in [4.69, 9.17) is 0 Å². The van der Waals surface area contributed by atoms with E-state index in [1.807, 2.05) is 0 Å². The summed E-state index contributed by atoms with van der Waals surface area (Å²) in [5.74, 6) is -2.98. The summed E-state index contributed by atoms with van der Waals surface area (Å²) < 4.78 is 25.9. The van der Waals surface area contributed by atoms with Gasteiger partial charge < -0.3 is 10.6 Å². The molecule has 0 saturated heterocycles. The van der Waals surface area contributed by atoms with Gasteiger partial charge in [-0.25, -0.2) is 8.78 Å². The first-order valence-corrected chi connectivity index (χ1v) is 6.59. The molecule has 2 aromatic rings. The molecule has 0 spiro atoms. The van der Waals surface area contributed by atoms with E-state index in [0.717, 1.165) is 12.1 Å². The number of benzene rings is 2. The summed E-state index contributed by atoms with van der Waals surface area (Å²) in [6.45, 7) is 1.50. The number of amides is 2.